The molecule has 7 N–H and O–H groups in total. The molecule has 0 saturated heterocycles. The molecular formula is C13H18FN7O4S. The smallest absolute Gasteiger partial charge is 0.274 e. The second-order valence-electron chi connectivity index (χ2n) is 5.32. The van der Waals surface area contributed by atoms with Crippen molar-refractivity contribution in [3.63, 3.8) is 0 Å². The molecule has 26 heavy (non-hydrogen) atoms. The van der Waals surface area contributed by atoms with Gasteiger partial charge in [-0.05, 0) is 41.0 Å². The van der Waals surface area contributed by atoms with Crippen LogP contribution >= 0.6 is 0 Å². The maximum absolute atomic E-state index is 13.3. The molecule has 2 aromatic rings. The van der Waals surface area contributed by atoms with Crippen LogP contribution < -0.4 is 20.9 Å². The van der Waals surface area contributed by atoms with E-state index in [1.54, 1.807) is 6.92 Å². The Morgan fingerprint density at radius 3 is 2.81 bits per heavy atom. The van der Waals surface area contributed by atoms with Gasteiger partial charge in [0.1, 0.15) is 5.82 Å². The average Bonchev–Trinajstić information content (AvgIpc) is 3.02. The summed E-state index contributed by atoms with van der Waals surface area (Å²) in [5.74, 6) is -0.343. The molecule has 0 aliphatic heterocycles. The quantitative estimate of drug-likeness (QED) is 0.286. The molecule has 11 nitrogen and oxygen atoms in total. The van der Waals surface area contributed by atoms with Crippen LogP contribution in [0.3, 0.4) is 0 Å². The monoisotopic (exact) mass is 387 g/mol. The van der Waals surface area contributed by atoms with Crippen molar-refractivity contribution in [1.82, 2.24) is 15.0 Å². The molecule has 1 heterocycles. The van der Waals surface area contributed by atoms with Gasteiger partial charge in [-0.3, -0.25) is 0 Å². The summed E-state index contributed by atoms with van der Waals surface area (Å²) < 4.78 is 41.9. The molecule has 0 radical (unpaired) electrons. The lowest BCUT2D eigenvalue weighted by Crippen LogP contribution is -2.45. The summed E-state index contributed by atoms with van der Waals surface area (Å²) in [4.78, 5) is 4.12. The number of benzene rings is 1. The Bertz CT molecular complexity index is 900. The largest absolute Gasteiger partial charge is 0.395 e. The molecule has 13 heteroatoms. The Balaban J connectivity index is 2.13. The summed E-state index contributed by atoms with van der Waals surface area (Å²) in [5.41, 5.74) is 6.74. The summed E-state index contributed by atoms with van der Waals surface area (Å²) >= 11 is 0. The standard InChI is InChI=1S/C13H18FN7O4S/c1-7-4-8(2-3-10(7)14)18-12(15)11-13(20-25-19-11)17-5-9(6-22)21-26(16,23)24/h2-4,9,21-22H,5-6H2,1H3,(H2,15,18)(H,17,20)(H2,16,23,24). The van der Waals surface area contributed by atoms with Crippen molar-refractivity contribution in [2.45, 2.75) is 13.0 Å². The number of aliphatic hydroxyl groups excluding tert-OH is 1. The number of aliphatic hydroxyl groups is 1. The van der Waals surface area contributed by atoms with Gasteiger partial charge in [0.25, 0.3) is 10.2 Å². The SMILES string of the molecule is Cc1cc(N=C(N)c2nonc2NCC(CO)NS(N)(=O)=O)ccc1F. The molecule has 0 spiro atoms. The van der Waals surface area contributed by atoms with Crippen molar-refractivity contribution in [1.29, 1.82) is 0 Å². The summed E-state index contributed by atoms with van der Waals surface area (Å²) in [6.45, 7) is 1.00. The van der Waals surface area contributed by atoms with Crippen molar-refractivity contribution in [3.05, 3.63) is 35.3 Å². The molecule has 1 aromatic carbocycles. The summed E-state index contributed by atoms with van der Waals surface area (Å²) in [6, 6.07) is 3.29. The first-order valence-corrected chi connectivity index (χ1v) is 8.82. The first-order chi connectivity index (χ1) is 12.2. The van der Waals surface area contributed by atoms with E-state index in [0.29, 0.717) is 11.3 Å². The van der Waals surface area contributed by atoms with Crippen LogP contribution in [0, 0.1) is 12.7 Å². The van der Waals surface area contributed by atoms with Gasteiger partial charge in [-0.25, -0.2) is 19.2 Å². The van der Waals surface area contributed by atoms with Crippen LogP contribution in [0.5, 0.6) is 0 Å². The number of aliphatic imine (C=N–C) groups is 1. The van der Waals surface area contributed by atoms with E-state index in [0.717, 1.165) is 0 Å². The highest BCUT2D eigenvalue weighted by Crippen LogP contribution is 2.18. The number of rotatable bonds is 8. The van der Waals surface area contributed by atoms with E-state index in [4.69, 9.17) is 10.9 Å². The van der Waals surface area contributed by atoms with Crippen molar-refractivity contribution >= 4 is 27.6 Å². The lowest BCUT2D eigenvalue weighted by molar-refractivity contribution is 0.261. The molecule has 0 bridgehead atoms. The summed E-state index contributed by atoms with van der Waals surface area (Å²) in [6.07, 6.45) is 0. The van der Waals surface area contributed by atoms with Gasteiger partial charge in [0, 0.05) is 6.54 Å². The van der Waals surface area contributed by atoms with Crippen LogP contribution in [0.4, 0.5) is 15.9 Å². The molecule has 2 rings (SSSR count). The van der Waals surface area contributed by atoms with Gasteiger partial charge >= 0.3 is 0 Å². The van der Waals surface area contributed by atoms with Crippen molar-refractivity contribution in [2.24, 2.45) is 15.9 Å². The lowest BCUT2D eigenvalue weighted by atomic mass is 10.2. The number of aryl methyl sites for hydroxylation is 1. The molecule has 0 aliphatic carbocycles. The molecule has 0 amide bonds. The molecule has 0 fully saturated rings. The second-order valence-corrected chi connectivity index (χ2v) is 6.64. The minimum atomic E-state index is -3.99. The summed E-state index contributed by atoms with van der Waals surface area (Å²) in [5, 5.41) is 24.0. The molecule has 142 valence electrons. The Kier molecular flexibility index (Phi) is 6.20. The number of halogens is 1. The number of nitrogens with two attached hydrogens (primary N) is 2. The van der Waals surface area contributed by atoms with Crippen LogP contribution in [0.1, 0.15) is 11.3 Å². The van der Waals surface area contributed by atoms with E-state index in [9.17, 15) is 17.9 Å². The minimum Gasteiger partial charge on any atom is -0.395 e. The third-order valence-electron chi connectivity index (χ3n) is 3.19. The average molecular weight is 387 g/mol. The number of aromatic nitrogens is 2. The van der Waals surface area contributed by atoms with Crippen LogP contribution in [0.15, 0.2) is 27.8 Å². The zero-order chi connectivity index (χ0) is 19.3. The van der Waals surface area contributed by atoms with Gasteiger partial charge in [0.15, 0.2) is 11.5 Å². The van der Waals surface area contributed by atoms with Gasteiger partial charge < -0.3 is 16.2 Å². The Hall–Kier alpha value is -2.61. The lowest BCUT2D eigenvalue weighted by Gasteiger charge is -2.14. The normalized spacial score (nSPS) is 13.6. The number of amidine groups is 1. The fourth-order valence-electron chi connectivity index (χ4n) is 1.96. The highest BCUT2D eigenvalue weighted by atomic mass is 32.2. The van der Waals surface area contributed by atoms with Crippen LogP contribution in [-0.4, -0.2) is 48.9 Å². The third kappa shape index (κ3) is 5.45. The first-order valence-electron chi connectivity index (χ1n) is 7.27. The number of nitrogens with zero attached hydrogens (tertiary/aromatic N) is 3. The van der Waals surface area contributed by atoms with Gasteiger partial charge in [0.2, 0.25) is 5.82 Å². The Labute approximate surface area is 148 Å². The van der Waals surface area contributed by atoms with Gasteiger partial charge in [-0.2, -0.15) is 13.1 Å². The van der Waals surface area contributed by atoms with Crippen LogP contribution in [0.25, 0.3) is 0 Å². The van der Waals surface area contributed by atoms with Crippen LogP contribution in [-0.2, 0) is 10.2 Å². The van der Waals surface area contributed by atoms with Gasteiger partial charge in [0.05, 0.1) is 18.3 Å². The molecule has 1 atom stereocenters. The van der Waals surface area contributed by atoms with E-state index in [2.05, 4.69) is 25.3 Å². The zero-order valence-corrected chi connectivity index (χ0v) is 14.5. The van der Waals surface area contributed by atoms with E-state index in [1.807, 2.05) is 4.72 Å². The highest BCUT2D eigenvalue weighted by molar-refractivity contribution is 7.87. The Morgan fingerprint density at radius 1 is 1.46 bits per heavy atom. The number of nitrogens with one attached hydrogen (secondary N) is 2. The number of hydrogen-bond donors (Lipinski definition) is 5. The minimum absolute atomic E-state index is 0.0558. The molecule has 1 aromatic heterocycles. The molecule has 0 aliphatic rings. The predicted molar refractivity (Wildman–Crippen MR) is 91.4 cm³/mol. The van der Waals surface area contributed by atoms with Gasteiger partial charge in [-0.1, -0.05) is 0 Å². The maximum atomic E-state index is 13.3. The molecular weight excluding hydrogens is 369 g/mol. The second kappa shape index (κ2) is 8.18. The number of anilines is 1. The number of hydrogen-bond acceptors (Lipinski definition) is 8. The van der Waals surface area contributed by atoms with Gasteiger partial charge in [-0.15, -0.1) is 0 Å². The van der Waals surface area contributed by atoms with Crippen molar-refractivity contribution in [2.75, 3.05) is 18.5 Å². The summed E-state index contributed by atoms with van der Waals surface area (Å²) in [7, 11) is -3.99. The Morgan fingerprint density at radius 2 is 2.19 bits per heavy atom. The topological polar surface area (TPSA) is 182 Å². The third-order valence-corrected chi connectivity index (χ3v) is 3.85. The van der Waals surface area contributed by atoms with E-state index in [1.165, 1.54) is 18.2 Å². The maximum Gasteiger partial charge on any atom is 0.274 e. The van der Waals surface area contributed by atoms with E-state index in [-0.39, 0.29) is 29.7 Å². The first kappa shape index (κ1) is 19.7. The fourth-order valence-corrected chi connectivity index (χ4v) is 2.58. The van der Waals surface area contributed by atoms with Crippen molar-refractivity contribution < 1.29 is 22.5 Å². The van der Waals surface area contributed by atoms with E-state index < -0.39 is 22.9 Å². The fraction of sp³-hybridized carbons (Fsp3) is 0.308. The molecule has 0 saturated carbocycles. The van der Waals surface area contributed by atoms with Crippen molar-refractivity contribution in [3.8, 4) is 0 Å². The highest BCUT2D eigenvalue weighted by Gasteiger charge is 2.18. The van der Waals surface area contributed by atoms with Crippen LogP contribution in [0.2, 0.25) is 0 Å². The zero-order valence-electron chi connectivity index (χ0n) is 13.7. The molecule has 1 unspecified atom stereocenters. The van der Waals surface area contributed by atoms with E-state index >= 15 is 0 Å². The predicted octanol–water partition coefficient (Wildman–Crippen LogP) is -0.880.